The molecule has 3 heterocycles. The van der Waals surface area contributed by atoms with Crippen LogP contribution in [-0.2, 0) is 5.60 Å². The number of ketones is 2. The van der Waals surface area contributed by atoms with Crippen molar-refractivity contribution in [3.8, 4) is 11.4 Å². The first kappa shape index (κ1) is 15.8. The monoisotopic (exact) mass is 366 g/mol. The van der Waals surface area contributed by atoms with Gasteiger partial charge in [0.15, 0.2) is 11.6 Å². The van der Waals surface area contributed by atoms with Gasteiger partial charge < -0.3 is 5.11 Å². The second-order valence-electron chi connectivity index (χ2n) is 6.23. The van der Waals surface area contributed by atoms with Crippen molar-refractivity contribution >= 4 is 11.6 Å². The van der Waals surface area contributed by atoms with Crippen molar-refractivity contribution in [1.82, 2.24) is 19.9 Å². The van der Waals surface area contributed by atoms with Gasteiger partial charge in [0.1, 0.15) is 22.9 Å². The summed E-state index contributed by atoms with van der Waals surface area (Å²) in [6.07, 6.45) is 2.98. The first-order chi connectivity index (χ1) is 12.9. The molecule has 0 aliphatic heterocycles. The molecule has 3 aromatic heterocycles. The maximum atomic E-state index is 13.5. The third-order valence-electron chi connectivity index (χ3n) is 4.88. The fourth-order valence-electron chi connectivity index (χ4n) is 3.77. The summed E-state index contributed by atoms with van der Waals surface area (Å²) in [6.45, 7) is 0. The lowest BCUT2D eigenvalue weighted by atomic mass is 9.77. The molecule has 0 atom stereocenters. The molecule has 7 nitrogen and oxygen atoms in total. The van der Waals surface area contributed by atoms with Gasteiger partial charge in [0.25, 0.3) is 11.9 Å². The number of aromatic nitrogens is 4. The van der Waals surface area contributed by atoms with E-state index in [0.29, 0.717) is 11.4 Å². The molecule has 5 rings (SSSR count). The van der Waals surface area contributed by atoms with Crippen LogP contribution < -0.4 is 0 Å². The molecule has 2 aliphatic rings. The third kappa shape index (κ3) is 1.81. The van der Waals surface area contributed by atoms with Crippen molar-refractivity contribution in [1.29, 1.82) is 0 Å². The summed E-state index contributed by atoms with van der Waals surface area (Å²) in [6, 6.07) is 6.14. The van der Waals surface area contributed by atoms with Crippen LogP contribution in [0.3, 0.4) is 0 Å². The minimum atomic E-state index is -2.10. The van der Waals surface area contributed by atoms with E-state index >= 15 is 0 Å². The van der Waals surface area contributed by atoms with Crippen LogP contribution in [0, 0.1) is 17.8 Å². The Morgan fingerprint density at radius 2 is 1.26 bits per heavy atom. The number of fused-ring (bicyclic) bond motifs is 4. The molecule has 0 fully saturated rings. The van der Waals surface area contributed by atoms with Gasteiger partial charge in [-0.05, 0) is 12.1 Å². The third-order valence-corrected chi connectivity index (χ3v) is 4.88. The van der Waals surface area contributed by atoms with E-state index in [-0.39, 0.29) is 11.1 Å². The molecule has 0 saturated heterocycles. The number of carbonyl (C=O) groups excluding carboxylic acids is 2. The summed E-state index contributed by atoms with van der Waals surface area (Å²) in [5.41, 5.74) is -2.23. The van der Waals surface area contributed by atoms with Gasteiger partial charge in [0.2, 0.25) is 0 Å². The van der Waals surface area contributed by atoms with Gasteiger partial charge >= 0.3 is 0 Å². The second-order valence-corrected chi connectivity index (χ2v) is 6.23. The number of hydrogen-bond donors (Lipinski definition) is 1. The average molecular weight is 366 g/mol. The van der Waals surface area contributed by atoms with E-state index in [1.165, 1.54) is 24.5 Å². The van der Waals surface area contributed by atoms with Gasteiger partial charge in [0, 0.05) is 23.5 Å². The van der Waals surface area contributed by atoms with Crippen molar-refractivity contribution in [3.63, 3.8) is 0 Å². The van der Waals surface area contributed by atoms with E-state index in [9.17, 15) is 23.5 Å². The van der Waals surface area contributed by atoms with Crippen LogP contribution in [0.4, 0.5) is 8.78 Å². The Morgan fingerprint density at radius 1 is 0.815 bits per heavy atom. The lowest BCUT2D eigenvalue weighted by Crippen LogP contribution is -2.41. The van der Waals surface area contributed by atoms with Crippen LogP contribution in [0.2, 0.25) is 0 Å². The number of nitrogens with zero attached hydrogens (tertiary/aromatic N) is 4. The van der Waals surface area contributed by atoms with Crippen LogP contribution in [0.25, 0.3) is 11.4 Å². The van der Waals surface area contributed by atoms with Crippen LogP contribution in [0.15, 0.2) is 36.7 Å². The van der Waals surface area contributed by atoms with E-state index in [4.69, 9.17) is 0 Å². The minimum absolute atomic E-state index is 0.208. The van der Waals surface area contributed by atoms with Gasteiger partial charge in [-0.2, -0.15) is 8.78 Å². The first-order valence-corrected chi connectivity index (χ1v) is 7.89. The fraction of sp³-hybridized carbons (Fsp3) is 0.111. The molecule has 27 heavy (non-hydrogen) atoms. The highest BCUT2D eigenvalue weighted by Gasteiger charge is 2.59. The number of pyridine rings is 2. The Hall–Kier alpha value is -3.46. The maximum absolute atomic E-state index is 13.5. The number of hydrogen-bond acceptors (Lipinski definition) is 7. The second kappa shape index (κ2) is 5.04. The zero-order chi connectivity index (χ0) is 18.9. The lowest BCUT2D eigenvalue weighted by molar-refractivity contribution is 0.0248. The summed E-state index contributed by atoms with van der Waals surface area (Å²) < 4.78 is 26.9. The number of halogens is 2. The lowest BCUT2D eigenvalue weighted by Gasteiger charge is -2.29. The molecule has 3 aromatic rings. The normalized spacial score (nSPS) is 17.0. The van der Waals surface area contributed by atoms with Crippen molar-refractivity contribution in [3.05, 3.63) is 71.1 Å². The number of aliphatic hydroxyl groups is 1. The Kier molecular flexibility index (Phi) is 2.94. The summed E-state index contributed by atoms with van der Waals surface area (Å²) in [5, 5.41) is 11.6. The first-order valence-electron chi connectivity index (χ1n) is 7.89. The summed E-state index contributed by atoms with van der Waals surface area (Å²) in [7, 11) is 0. The minimum Gasteiger partial charge on any atom is -0.379 e. The fourth-order valence-corrected chi connectivity index (χ4v) is 3.77. The van der Waals surface area contributed by atoms with Gasteiger partial charge in [-0.25, -0.2) is 9.97 Å². The van der Waals surface area contributed by atoms with Crippen molar-refractivity contribution in [2.45, 2.75) is 5.60 Å². The maximum Gasteiger partial charge on any atom is 0.269 e. The Morgan fingerprint density at radius 3 is 1.70 bits per heavy atom. The molecular formula is C18H8F2N4O3. The number of rotatable bonds is 1. The van der Waals surface area contributed by atoms with Gasteiger partial charge in [-0.15, -0.1) is 0 Å². The SMILES string of the molecule is O=C1c2nc(F)c(F)nc2C(=O)C1C1(O)c2cccnc2-c2ncccc21. The Balaban J connectivity index is 1.78. The van der Waals surface area contributed by atoms with Crippen molar-refractivity contribution in [2.24, 2.45) is 5.92 Å². The van der Waals surface area contributed by atoms with E-state index in [1.807, 2.05) is 0 Å². The van der Waals surface area contributed by atoms with Crippen LogP contribution >= 0.6 is 0 Å². The summed E-state index contributed by atoms with van der Waals surface area (Å²) >= 11 is 0. The summed E-state index contributed by atoms with van der Waals surface area (Å²) in [5.74, 6) is -6.73. The van der Waals surface area contributed by atoms with Crippen molar-refractivity contribution in [2.75, 3.05) is 0 Å². The molecule has 0 saturated carbocycles. The molecule has 1 N–H and O–H groups in total. The Bertz CT molecular complexity index is 1090. The van der Waals surface area contributed by atoms with Crippen LogP contribution in [0.1, 0.15) is 32.1 Å². The average Bonchev–Trinajstić information content (AvgIpc) is 3.07. The molecule has 2 aliphatic carbocycles. The highest BCUT2D eigenvalue weighted by molar-refractivity contribution is 6.26. The van der Waals surface area contributed by atoms with Crippen molar-refractivity contribution < 1.29 is 23.5 Å². The molecule has 9 heteroatoms. The predicted molar refractivity (Wildman–Crippen MR) is 84.6 cm³/mol. The zero-order valence-corrected chi connectivity index (χ0v) is 13.3. The molecule has 0 amide bonds. The quantitative estimate of drug-likeness (QED) is 0.650. The number of Topliss-reactive ketones (excluding diaryl/α,β-unsaturated/α-hetero) is 2. The number of carbonyl (C=O) groups is 2. The highest BCUT2D eigenvalue weighted by atomic mass is 19.2. The van der Waals surface area contributed by atoms with Gasteiger partial charge in [-0.3, -0.25) is 19.6 Å². The standard InChI is InChI=1S/C18H8F2N4O3/c19-16-17(20)24-13-12(23-16)14(25)9(15(13)26)18(27)7-3-1-5-21-10(7)11-8(18)4-2-6-22-11/h1-6,9,27H. The molecule has 0 spiro atoms. The van der Waals surface area contributed by atoms with Gasteiger partial charge in [-0.1, -0.05) is 12.1 Å². The topological polar surface area (TPSA) is 106 Å². The van der Waals surface area contributed by atoms with E-state index in [1.54, 1.807) is 12.1 Å². The van der Waals surface area contributed by atoms with E-state index in [2.05, 4.69) is 19.9 Å². The summed E-state index contributed by atoms with van der Waals surface area (Å²) in [4.78, 5) is 40.6. The Labute approximate surface area is 149 Å². The molecule has 0 unspecified atom stereocenters. The predicted octanol–water partition coefficient (Wildman–Crippen LogP) is 1.46. The van der Waals surface area contributed by atoms with E-state index < -0.39 is 46.4 Å². The van der Waals surface area contributed by atoms with E-state index in [0.717, 1.165) is 0 Å². The van der Waals surface area contributed by atoms with Crippen LogP contribution in [-0.4, -0.2) is 36.6 Å². The molecule has 0 bridgehead atoms. The molecule has 0 aromatic carbocycles. The van der Waals surface area contributed by atoms with Crippen LogP contribution in [0.5, 0.6) is 0 Å². The highest BCUT2D eigenvalue weighted by Crippen LogP contribution is 2.52. The molecule has 132 valence electrons. The molecule has 0 radical (unpaired) electrons. The molecular weight excluding hydrogens is 358 g/mol. The smallest absolute Gasteiger partial charge is 0.269 e. The van der Waals surface area contributed by atoms with Gasteiger partial charge in [0.05, 0.1) is 11.4 Å². The largest absolute Gasteiger partial charge is 0.379 e. The zero-order valence-electron chi connectivity index (χ0n) is 13.3.